The van der Waals surface area contributed by atoms with E-state index in [1.165, 1.54) is 0 Å². The standard InChI is InChI=1S/C14H15ClN2O/c1-18-14-9-17-7-6-12(14)13(16)8-10-2-4-11(15)5-3-10/h2-7,9,13H,8,16H2,1H3. The molecule has 4 heteroatoms. The van der Waals surface area contributed by atoms with E-state index >= 15 is 0 Å². The molecule has 1 aromatic heterocycles. The highest BCUT2D eigenvalue weighted by molar-refractivity contribution is 6.30. The van der Waals surface area contributed by atoms with Gasteiger partial charge in [-0.05, 0) is 30.2 Å². The van der Waals surface area contributed by atoms with E-state index in [0.29, 0.717) is 0 Å². The lowest BCUT2D eigenvalue weighted by molar-refractivity contribution is 0.403. The molecule has 0 spiro atoms. The van der Waals surface area contributed by atoms with Gasteiger partial charge in [-0.3, -0.25) is 4.98 Å². The Morgan fingerprint density at radius 3 is 2.67 bits per heavy atom. The predicted molar refractivity (Wildman–Crippen MR) is 72.9 cm³/mol. The zero-order chi connectivity index (χ0) is 13.0. The van der Waals surface area contributed by atoms with Crippen molar-refractivity contribution in [1.82, 2.24) is 4.98 Å². The van der Waals surface area contributed by atoms with Crippen LogP contribution in [0.15, 0.2) is 42.7 Å². The fourth-order valence-electron chi connectivity index (χ4n) is 1.85. The van der Waals surface area contributed by atoms with Gasteiger partial charge in [0, 0.05) is 22.8 Å². The first-order valence-corrected chi connectivity index (χ1v) is 6.06. The van der Waals surface area contributed by atoms with Gasteiger partial charge in [0.15, 0.2) is 0 Å². The van der Waals surface area contributed by atoms with Crippen LogP contribution in [0.1, 0.15) is 17.2 Å². The van der Waals surface area contributed by atoms with Gasteiger partial charge < -0.3 is 10.5 Å². The van der Waals surface area contributed by atoms with Crippen molar-refractivity contribution in [1.29, 1.82) is 0 Å². The molecule has 0 radical (unpaired) electrons. The summed E-state index contributed by atoms with van der Waals surface area (Å²) >= 11 is 5.85. The first-order chi connectivity index (χ1) is 8.70. The first-order valence-electron chi connectivity index (χ1n) is 5.68. The van der Waals surface area contributed by atoms with Crippen LogP contribution < -0.4 is 10.5 Å². The van der Waals surface area contributed by atoms with E-state index in [1.807, 2.05) is 30.3 Å². The summed E-state index contributed by atoms with van der Waals surface area (Å²) in [4.78, 5) is 4.02. The van der Waals surface area contributed by atoms with Gasteiger partial charge in [0.2, 0.25) is 0 Å². The highest BCUT2D eigenvalue weighted by Gasteiger charge is 2.12. The molecule has 0 saturated carbocycles. The van der Waals surface area contributed by atoms with Crippen LogP contribution in [0, 0.1) is 0 Å². The molecule has 1 atom stereocenters. The van der Waals surface area contributed by atoms with Gasteiger partial charge in [-0.25, -0.2) is 0 Å². The lowest BCUT2D eigenvalue weighted by atomic mass is 10.00. The molecule has 2 N–H and O–H groups in total. The average Bonchev–Trinajstić information content (AvgIpc) is 2.41. The van der Waals surface area contributed by atoms with Crippen molar-refractivity contribution in [2.45, 2.75) is 12.5 Å². The van der Waals surface area contributed by atoms with Gasteiger partial charge in [-0.2, -0.15) is 0 Å². The molecule has 18 heavy (non-hydrogen) atoms. The normalized spacial score (nSPS) is 12.2. The highest BCUT2D eigenvalue weighted by Crippen LogP contribution is 2.25. The van der Waals surface area contributed by atoms with E-state index in [9.17, 15) is 0 Å². The number of rotatable bonds is 4. The molecule has 0 aliphatic heterocycles. The minimum Gasteiger partial charge on any atom is -0.495 e. The minimum absolute atomic E-state index is 0.121. The maximum atomic E-state index is 6.20. The SMILES string of the molecule is COc1cnccc1C(N)Cc1ccc(Cl)cc1. The molecule has 0 aliphatic rings. The van der Waals surface area contributed by atoms with Gasteiger partial charge in [-0.1, -0.05) is 23.7 Å². The number of benzene rings is 1. The number of hydrogen-bond donors (Lipinski definition) is 1. The summed E-state index contributed by atoms with van der Waals surface area (Å²) in [7, 11) is 1.62. The third-order valence-corrected chi connectivity index (χ3v) is 3.06. The van der Waals surface area contributed by atoms with Crippen molar-refractivity contribution < 1.29 is 4.74 Å². The van der Waals surface area contributed by atoms with Crippen LogP contribution in [0.3, 0.4) is 0 Å². The number of methoxy groups -OCH3 is 1. The van der Waals surface area contributed by atoms with Crippen molar-refractivity contribution in [3.8, 4) is 5.75 Å². The number of nitrogens with two attached hydrogens (primary N) is 1. The van der Waals surface area contributed by atoms with Crippen LogP contribution in [0.5, 0.6) is 5.75 Å². The Labute approximate surface area is 112 Å². The van der Waals surface area contributed by atoms with Crippen molar-refractivity contribution in [3.05, 3.63) is 58.9 Å². The van der Waals surface area contributed by atoms with Crippen LogP contribution >= 0.6 is 11.6 Å². The minimum atomic E-state index is -0.121. The fourth-order valence-corrected chi connectivity index (χ4v) is 1.98. The topological polar surface area (TPSA) is 48.1 Å². The number of hydrogen-bond acceptors (Lipinski definition) is 3. The predicted octanol–water partition coefficient (Wildman–Crippen LogP) is 2.99. The second-order valence-corrected chi connectivity index (χ2v) is 4.49. The molecule has 3 nitrogen and oxygen atoms in total. The fraction of sp³-hybridized carbons (Fsp3) is 0.214. The Morgan fingerprint density at radius 2 is 2.00 bits per heavy atom. The van der Waals surface area contributed by atoms with E-state index in [-0.39, 0.29) is 6.04 Å². The van der Waals surface area contributed by atoms with Crippen LogP contribution in [0.25, 0.3) is 0 Å². The Morgan fingerprint density at radius 1 is 1.28 bits per heavy atom. The molecule has 0 aliphatic carbocycles. The van der Waals surface area contributed by atoms with E-state index in [2.05, 4.69) is 4.98 Å². The molecule has 1 heterocycles. The number of pyridine rings is 1. The highest BCUT2D eigenvalue weighted by atomic mass is 35.5. The zero-order valence-corrected chi connectivity index (χ0v) is 10.9. The molecule has 0 saturated heterocycles. The number of nitrogens with zero attached hydrogens (tertiary/aromatic N) is 1. The first kappa shape index (κ1) is 12.9. The summed E-state index contributed by atoms with van der Waals surface area (Å²) in [5, 5.41) is 0.730. The molecular weight excluding hydrogens is 248 g/mol. The van der Waals surface area contributed by atoms with E-state index in [4.69, 9.17) is 22.1 Å². The molecule has 2 rings (SSSR count). The van der Waals surface area contributed by atoms with E-state index in [1.54, 1.807) is 19.5 Å². The van der Waals surface area contributed by atoms with Crippen molar-refractivity contribution in [2.24, 2.45) is 5.73 Å². The van der Waals surface area contributed by atoms with Crippen LogP contribution in [-0.4, -0.2) is 12.1 Å². The Hall–Kier alpha value is -1.58. The van der Waals surface area contributed by atoms with E-state index < -0.39 is 0 Å². The molecule has 0 amide bonds. The summed E-state index contributed by atoms with van der Waals surface area (Å²) < 4.78 is 5.26. The maximum absolute atomic E-state index is 6.20. The van der Waals surface area contributed by atoms with Gasteiger partial charge in [0.25, 0.3) is 0 Å². The Bertz CT molecular complexity index is 513. The molecule has 1 unspecified atom stereocenters. The zero-order valence-electron chi connectivity index (χ0n) is 10.1. The third kappa shape index (κ3) is 3.00. The number of aromatic nitrogens is 1. The summed E-state index contributed by atoms with van der Waals surface area (Å²) in [5.41, 5.74) is 8.31. The summed E-state index contributed by atoms with van der Waals surface area (Å²) in [6, 6.07) is 9.47. The number of halogens is 1. The van der Waals surface area contributed by atoms with Crippen molar-refractivity contribution in [2.75, 3.05) is 7.11 Å². The van der Waals surface area contributed by atoms with Crippen LogP contribution in [0.2, 0.25) is 5.02 Å². The average molecular weight is 263 g/mol. The second-order valence-electron chi connectivity index (χ2n) is 4.05. The Kier molecular flexibility index (Phi) is 4.18. The molecule has 94 valence electrons. The summed E-state index contributed by atoms with van der Waals surface area (Å²) in [6.07, 6.45) is 4.13. The second kappa shape index (κ2) is 5.85. The molecule has 1 aromatic carbocycles. The maximum Gasteiger partial charge on any atom is 0.141 e. The van der Waals surface area contributed by atoms with Gasteiger partial charge >= 0.3 is 0 Å². The van der Waals surface area contributed by atoms with Crippen LogP contribution in [-0.2, 0) is 6.42 Å². The quantitative estimate of drug-likeness (QED) is 0.922. The van der Waals surface area contributed by atoms with Crippen molar-refractivity contribution >= 4 is 11.6 Å². The Balaban J connectivity index is 2.16. The molecule has 0 bridgehead atoms. The lowest BCUT2D eigenvalue weighted by Crippen LogP contribution is -2.14. The molecule has 0 fully saturated rings. The van der Waals surface area contributed by atoms with E-state index in [0.717, 1.165) is 28.3 Å². The van der Waals surface area contributed by atoms with Crippen molar-refractivity contribution in [3.63, 3.8) is 0 Å². The monoisotopic (exact) mass is 262 g/mol. The van der Waals surface area contributed by atoms with Gasteiger partial charge in [0.1, 0.15) is 5.75 Å². The smallest absolute Gasteiger partial charge is 0.141 e. The number of ether oxygens (including phenoxy) is 1. The lowest BCUT2D eigenvalue weighted by Gasteiger charge is -2.15. The third-order valence-electron chi connectivity index (χ3n) is 2.80. The molecular formula is C14H15ClN2O. The van der Waals surface area contributed by atoms with Gasteiger partial charge in [0.05, 0.1) is 13.3 Å². The molecule has 2 aromatic rings. The van der Waals surface area contributed by atoms with Gasteiger partial charge in [-0.15, -0.1) is 0 Å². The van der Waals surface area contributed by atoms with Crippen LogP contribution in [0.4, 0.5) is 0 Å². The summed E-state index contributed by atoms with van der Waals surface area (Å²) in [6.45, 7) is 0. The largest absolute Gasteiger partial charge is 0.495 e. The summed E-state index contributed by atoms with van der Waals surface area (Å²) in [5.74, 6) is 0.721.